The van der Waals surface area contributed by atoms with Crippen molar-refractivity contribution in [2.45, 2.75) is 26.5 Å². The van der Waals surface area contributed by atoms with E-state index in [2.05, 4.69) is 24.3 Å². The molecule has 1 amide bonds. The molecular weight excluding hydrogens is 388 g/mol. The Balaban J connectivity index is 1.63. The lowest BCUT2D eigenvalue weighted by atomic mass is 10.0. The number of benzene rings is 2. The Labute approximate surface area is 173 Å². The summed E-state index contributed by atoms with van der Waals surface area (Å²) >= 11 is 0. The maximum Gasteiger partial charge on any atom is 0.276 e. The number of amides is 1. The molecule has 2 aromatic carbocycles. The number of nitrogens with one attached hydrogen (secondary N) is 1. The highest BCUT2D eigenvalue weighted by Crippen LogP contribution is 2.26. The van der Waals surface area contributed by atoms with E-state index in [1.54, 1.807) is 6.20 Å². The summed E-state index contributed by atoms with van der Waals surface area (Å²) in [7, 11) is 1.39. The Hall–Kier alpha value is -3.88. The molecule has 0 bridgehead atoms. The number of non-ortho nitro benzene ring substituents is 1. The number of nitro groups is 1. The first-order valence-electron chi connectivity index (χ1n) is 9.26. The van der Waals surface area contributed by atoms with Crippen molar-refractivity contribution >= 4 is 17.3 Å². The van der Waals surface area contributed by atoms with Crippen molar-refractivity contribution in [3.8, 4) is 11.5 Å². The number of carbonyl (C=O) groups is 1. The first-order valence-corrected chi connectivity index (χ1v) is 9.26. The molecule has 0 fully saturated rings. The van der Waals surface area contributed by atoms with Crippen molar-refractivity contribution in [2.75, 3.05) is 12.4 Å². The number of hydrogen-bond donors (Lipinski definition) is 1. The van der Waals surface area contributed by atoms with Gasteiger partial charge in [-0.2, -0.15) is 5.10 Å². The van der Waals surface area contributed by atoms with Gasteiger partial charge in [0.2, 0.25) is 0 Å². The Morgan fingerprint density at radius 1 is 1.17 bits per heavy atom. The lowest BCUT2D eigenvalue weighted by molar-refractivity contribution is -0.384. The molecular formula is C21H22N4O5. The van der Waals surface area contributed by atoms with Gasteiger partial charge in [-0.25, -0.2) is 4.68 Å². The molecule has 1 heterocycles. The number of nitro benzene ring substituents is 1. The molecule has 1 N–H and O–H groups in total. The number of carbonyl (C=O) groups excluding carboxylic acids is 1. The third kappa shape index (κ3) is 5.13. The second kappa shape index (κ2) is 9.08. The Morgan fingerprint density at radius 3 is 2.53 bits per heavy atom. The van der Waals surface area contributed by atoms with Crippen molar-refractivity contribution in [3.05, 3.63) is 76.1 Å². The van der Waals surface area contributed by atoms with Gasteiger partial charge in [0.15, 0.2) is 12.4 Å². The van der Waals surface area contributed by atoms with Gasteiger partial charge in [-0.05, 0) is 29.7 Å². The molecule has 0 aliphatic heterocycles. The van der Waals surface area contributed by atoms with Crippen molar-refractivity contribution in [1.82, 2.24) is 9.78 Å². The maximum atomic E-state index is 12.4. The Kier molecular flexibility index (Phi) is 6.31. The largest absolute Gasteiger partial charge is 0.496 e. The molecule has 9 nitrogen and oxygen atoms in total. The van der Waals surface area contributed by atoms with Gasteiger partial charge in [0, 0.05) is 18.3 Å². The smallest absolute Gasteiger partial charge is 0.276 e. The summed E-state index contributed by atoms with van der Waals surface area (Å²) in [6, 6.07) is 13.4. The van der Waals surface area contributed by atoms with E-state index in [4.69, 9.17) is 9.47 Å². The fourth-order valence-electron chi connectivity index (χ4n) is 2.72. The summed E-state index contributed by atoms with van der Waals surface area (Å²) in [5, 5.41) is 17.8. The van der Waals surface area contributed by atoms with E-state index in [1.807, 2.05) is 24.3 Å². The van der Waals surface area contributed by atoms with Crippen LogP contribution < -0.4 is 14.8 Å². The molecule has 3 aromatic rings. The number of nitrogens with zero attached hydrogens (tertiary/aromatic N) is 3. The van der Waals surface area contributed by atoms with Crippen LogP contribution >= 0.6 is 0 Å². The van der Waals surface area contributed by atoms with E-state index in [-0.39, 0.29) is 29.5 Å². The molecule has 3 rings (SSSR count). The summed E-state index contributed by atoms with van der Waals surface area (Å²) < 4.78 is 12.2. The second-order valence-corrected chi connectivity index (χ2v) is 6.87. The minimum atomic E-state index is -0.558. The lowest BCUT2D eigenvalue weighted by Gasteiger charge is -2.09. The lowest BCUT2D eigenvalue weighted by Crippen LogP contribution is -2.14. The Bertz CT molecular complexity index is 1040. The number of aromatic nitrogens is 2. The summed E-state index contributed by atoms with van der Waals surface area (Å²) in [5.74, 6) is 0.904. The molecule has 0 unspecified atom stereocenters. The van der Waals surface area contributed by atoms with Crippen molar-refractivity contribution < 1.29 is 19.2 Å². The molecule has 0 aliphatic rings. The summed E-state index contributed by atoms with van der Waals surface area (Å²) in [5.41, 5.74) is 1.42. The summed E-state index contributed by atoms with van der Waals surface area (Å²) in [6.07, 6.45) is 1.62. The molecule has 1 aromatic heterocycles. The zero-order chi connectivity index (χ0) is 21.7. The monoisotopic (exact) mass is 410 g/mol. The van der Waals surface area contributed by atoms with Gasteiger partial charge in [-0.15, -0.1) is 0 Å². The fraction of sp³-hybridized carbons (Fsp3) is 0.238. The van der Waals surface area contributed by atoms with Crippen molar-refractivity contribution in [1.29, 1.82) is 0 Å². The maximum absolute atomic E-state index is 12.4. The number of ether oxygens (including phenoxy) is 2. The van der Waals surface area contributed by atoms with Gasteiger partial charge in [0.25, 0.3) is 11.6 Å². The highest BCUT2D eigenvalue weighted by molar-refractivity contribution is 6.03. The molecule has 30 heavy (non-hydrogen) atoms. The highest BCUT2D eigenvalue weighted by atomic mass is 16.6. The molecule has 0 saturated carbocycles. The molecule has 0 radical (unpaired) electrons. The van der Waals surface area contributed by atoms with E-state index in [0.29, 0.717) is 11.7 Å². The van der Waals surface area contributed by atoms with Crippen LogP contribution in [0.25, 0.3) is 0 Å². The number of methoxy groups -OCH3 is 1. The molecule has 0 saturated heterocycles. The zero-order valence-electron chi connectivity index (χ0n) is 16.9. The van der Waals surface area contributed by atoms with E-state index in [1.165, 1.54) is 41.6 Å². The normalized spacial score (nSPS) is 10.7. The molecule has 156 valence electrons. The highest BCUT2D eigenvalue weighted by Gasteiger charge is 2.15. The third-order valence-corrected chi connectivity index (χ3v) is 4.38. The number of anilines is 1. The fourth-order valence-corrected chi connectivity index (χ4v) is 2.72. The standard InChI is InChI=1S/C21H22N4O5/c1-14(2)15-4-6-18(7-5-15)30-13-24-9-8-20(23-24)21(26)22-16-10-17(25(27)28)12-19(11-16)29-3/h4-12,14H,13H2,1-3H3,(H,22,26). The van der Waals surface area contributed by atoms with Crippen molar-refractivity contribution in [2.24, 2.45) is 0 Å². The van der Waals surface area contributed by atoms with Crippen LogP contribution in [0.5, 0.6) is 11.5 Å². The molecule has 9 heteroatoms. The average molecular weight is 410 g/mol. The SMILES string of the molecule is COc1cc(NC(=O)c2ccn(COc3ccc(C(C)C)cc3)n2)cc([N+](=O)[O-])c1. The first-order chi connectivity index (χ1) is 14.4. The Morgan fingerprint density at radius 2 is 1.90 bits per heavy atom. The number of rotatable bonds is 8. The topological polar surface area (TPSA) is 109 Å². The zero-order valence-corrected chi connectivity index (χ0v) is 16.9. The molecule has 0 aliphatic carbocycles. The number of hydrogen-bond acceptors (Lipinski definition) is 6. The minimum Gasteiger partial charge on any atom is -0.496 e. The van der Waals surface area contributed by atoms with Gasteiger partial charge in [-0.3, -0.25) is 14.9 Å². The van der Waals surface area contributed by atoms with E-state index < -0.39 is 10.8 Å². The van der Waals surface area contributed by atoms with Crippen LogP contribution in [0.3, 0.4) is 0 Å². The van der Waals surface area contributed by atoms with Crippen LogP contribution in [0.15, 0.2) is 54.7 Å². The first kappa shape index (κ1) is 20.8. The summed E-state index contributed by atoms with van der Waals surface area (Å²) in [6.45, 7) is 4.38. The van der Waals surface area contributed by atoms with Gasteiger partial charge < -0.3 is 14.8 Å². The van der Waals surface area contributed by atoms with Crippen LogP contribution in [0, 0.1) is 10.1 Å². The van der Waals surface area contributed by atoms with Crippen LogP contribution in [-0.2, 0) is 6.73 Å². The summed E-state index contributed by atoms with van der Waals surface area (Å²) in [4.78, 5) is 22.9. The van der Waals surface area contributed by atoms with Gasteiger partial charge in [-0.1, -0.05) is 26.0 Å². The third-order valence-electron chi connectivity index (χ3n) is 4.38. The van der Waals surface area contributed by atoms with Gasteiger partial charge >= 0.3 is 0 Å². The van der Waals surface area contributed by atoms with Crippen LogP contribution in [0.1, 0.15) is 35.8 Å². The second-order valence-electron chi connectivity index (χ2n) is 6.87. The molecule has 0 spiro atoms. The quantitative estimate of drug-likeness (QED) is 0.440. The van der Waals surface area contributed by atoms with E-state index in [9.17, 15) is 14.9 Å². The van der Waals surface area contributed by atoms with Crippen molar-refractivity contribution in [3.63, 3.8) is 0 Å². The van der Waals surface area contributed by atoms with E-state index >= 15 is 0 Å². The van der Waals surface area contributed by atoms with Crippen LogP contribution in [0.2, 0.25) is 0 Å². The van der Waals surface area contributed by atoms with Gasteiger partial charge in [0.1, 0.15) is 11.5 Å². The predicted molar refractivity (Wildman–Crippen MR) is 111 cm³/mol. The van der Waals surface area contributed by atoms with E-state index in [0.717, 1.165) is 0 Å². The van der Waals surface area contributed by atoms with Gasteiger partial charge in [0.05, 0.1) is 23.8 Å². The average Bonchev–Trinajstić information content (AvgIpc) is 3.21. The molecule has 0 atom stereocenters. The van der Waals surface area contributed by atoms with Crippen LogP contribution in [-0.4, -0.2) is 27.7 Å². The minimum absolute atomic E-state index is 0.138. The predicted octanol–water partition coefficient (Wildman–Crippen LogP) is 4.21. The van der Waals surface area contributed by atoms with Crippen LogP contribution in [0.4, 0.5) is 11.4 Å².